The number of ether oxygens (including phenoxy) is 1. The van der Waals surface area contributed by atoms with E-state index in [2.05, 4.69) is 15.7 Å². The van der Waals surface area contributed by atoms with E-state index in [1.54, 1.807) is 8.65 Å². The van der Waals surface area contributed by atoms with Crippen molar-refractivity contribution in [2.75, 3.05) is 20.3 Å². The van der Waals surface area contributed by atoms with Crippen LogP contribution >= 0.6 is 0 Å². The highest BCUT2D eigenvalue weighted by Crippen LogP contribution is 2.44. The molecule has 2 amide bonds. The first-order valence-corrected chi connectivity index (χ1v) is 13.3. The van der Waals surface area contributed by atoms with Gasteiger partial charge in [-0.15, -0.1) is 0 Å². The van der Waals surface area contributed by atoms with Crippen LogP contribution in [0.4, 0.5) is 0 Å². The number of aromatic nitrogens is 3. The smallest absolute Gasteiger partial charge is 0.271 e. The van der Waals surface area contributed by atoms with E-state index in [1.165, 1.54) is 13.1 Å². The van der Waals surface area contributed by atoms with Crippen molar-refractivity contribution < 1.29 is 18.5 Å². The molecule has 3 atom stereocenters. The van der Waals surface area contributed by atoms with Crippen LogP contribution in [0.15, 0.2) is 65.7 Å². The monoisotopic (exact) mass is 517 g/mol. The topological polar surface area (TPSA) is 107 Å². The molecule has 0 spiro atoms. The minimum Gasteiger partial charge on any atom is -0.381 e. The first-order chi connectivity index (χ1) is 17.9. The number of nitrogens with one attached hydrogen (secondary N) is 2. The summed E-state index contributed by atoms with van der Waals surface area (Å²) in [5, 5.41) is 11.0. The first-order valence-electron chi connectivity index (χ1n) is 12.2. The molecular formula is C27H27N5O4S. The molecule has 190 valence electrons. The van der Waals surface area contributed by atoms with Crippen LogP contribution in [0.3, 0.4) is 0 Å². The van der Waals surface area contributed by atoms with E-state index >= 15 is 0 Å². The molecule has 4 aromatic rings. The van der Waals surface area contributed by atoms with Crippen LogP contribution in [0.5, 0.6) is 0 Å². The maximum atomic E-state index is 13.3. The van der Waals surface area contributed by atoms with E-state index in [9.17, 15) is 13.8 Å². The quantitative estimate of drug-likeness (QED) is 0.392. The van der Waals surface area contributed by atoms with Gasteiger partial charge in [-0.05, 0) is 36.8 Å². The van der Waals surface area contributed by atoms with Crippen molar-refractivity contribution >= 4 is 33.7 Å². The van der Waals surface area contributed by atoms with Gasteiger partial charge in [-0.25, -0.2) is 4.21 Å². The van der Waals surface area contributed by atoms with Gasteiger partial charge in [0.1, 0.15) is 5.69 Å². The van der Waals surface area contributed by atoms with Crippen LogP contribution in [0.1, 0.15) is 32.1 Å². The normalized spacial score (nSPS) is 21.0. The molecule has 1 aliphatic heterocycles. The Bertz CT molecular complexity index is 1530. The average molecular weight is 518 g/mol. The number of carbonyl (C=O) groups excluding carboxylic acids is 2. The Balaban J connectivity index is 1.31. The van der Waals surface area contributed by atoms with E-state index in [-0.39, 0.29) is 30.1 Å². The summed E-state index contributed by atoms with van der Waals surface area (Å²) in [5.41, 5.74) is 3.32. The van der Waals surface area contributed by atoms with E-state index < -0.39 is 11.0 Å². The fourth-order valence-electron chi connectivity index (χ4n) is 5.06. The number of nitrogens with zero attached hydrogens (tertiary/aromatic N) is 3. The summed E-state index contributed by atoms with van der Waals surface area (Å²) in [5.74, 6) is 0.109. The molecular weight excluding hydrogens is 490 g/mol. The number of carbonyl (C=O) groups is 2. The van der Waals surface area contributed by atoms with Crippen LogP contribution in [-0.4, -0.2) is 56.1 Å². The highest BCUT2D eigenvalue weighted by Gasteiger charge is 2.55. The summed E-state index contributed by atoms with van der Waals surface area (Å²) in [7, 11) is 0.128. The van der Waals surface area contributed by atoms with Gasteiger partial charge in [0, 0.05) is 42.6 Å². The fourth-order valence-corrected chi connectivity index (χ4v) is 6.16. The van der Waals surface area contributed by atoms with Gasteiger partial charge in [0.05, 0.1) is 30.2 Å². The maximum absolute atomic E-state index is 13.3. The summed E-state index contributed by atoms with van der Waals surface area (Å²) in [6.07, 6.45) is 1.81. The average Bonchev–Trinajstić information content (AvgIpc) is 3.38. The second kappa shape index (κ2) is 9.28. The Morgan fingerprint density at radius 3 is 2.57 bits per heavy atom. The molecule has 2 fully saturated rings. The lowest BCUT2D eigenvalue weighted by molar-refractivity contribution is 0.0917. The van der Waals surface area contributed by atoms with Crippen molar-refractivity contribution in [1.82, 2.24) is 24.4 Å². The second-order valence-electron chi connectivity index (χ2n) is 9.57. The fraction of sp³-hybridized carbons (Fsp3) is 0.296. The third-order valence-corrected chi connectivity index (χ3v) is 8.58. The third-order valence-electron chi connectivity index (χ3n) is 7.23. The molecule has 0 bridgehead atoms. The molecule has 9 nitrogen and oxygen atoms in total. The lowest BCUT2D eigenvalue weighted by atomic mass is 10.1. The molecule has 10 heteroatoms. The van der Waals surface area contributed by atoms with E-state index in [4.69, 9.17) is 4.74 Å². The van der Waals surface area contributed by atoms with Crippen LogP contribution < -0.4 is 10.6 Å². The van der Waals surface area contributed by atoms with Crippen molar-refractivity contribution in [3.63, 3.8) is 0 Å². The Morgan fingerprint density at radius 1 is 1.08 bits per heavy atom. The molecule has 0 radical (unpaired) electrons. The lowest BCUT2D eigenvalue weighted by Gasteiger charge is -2.11. The molecule has 1 saturated carbocycles. The Morgan fingerprint density at radius 2 is 1.84 bits per heavy atom. The number of fused-ring (bicyclic) bond motifs is 2. The van der Waals surface area contributed by atoms with Crippen molar-refractivity contribution in [2.24, 2.45) is 11.8 Å². The van der Waals surface area contributed by atoms with Gasteiger partial charge in [0.15, 0.2) is 16.7 Å². The number of hydrogen-bond acceptors (Lipinski definition) is 5. The standard InChI is InChI=1S/C27H27N5O4S/c1-16-6-8-18(9-7-16)37(35)32-11-10-19-17(4-3-5-23(19)32)13-31-24(12-22(30-31)26(33)28-2)27(34)29-25-20-14-36-15-21(20)25/h3-12,20-21,25H,13-15H2,1-2H3,(H,28,33)(H,29,34). The third kappa shape index (κ3) is 4.25. The summed E-state index contributed by atoms with van der Waals surface area (Å²) < 4.78 is 22.0. The number of hydrogen-bond donors (Lipinski definition) is 2. The van der Waals surface area contributed by atoms with Gasteiger partial charge in [-0.3, -0.25) is 18.2 Å². The number of benzene rings is 2. The summed E-state index contributed by atoms with van der Waals surface area (Å²) in [6.45, 7) is 3.61. The zero-order valence-electron chi connectivity index (χ0n) is 20.5. The summed E-state index contributed by atoms with van der Waals surface area (Å²) in [4.78, 5) is 26.2. The summed E-state index contributed by atoms with van der Waals surface area (Å²) >= 11 is 0. The van der Waals surface area contributed by atoms with Crippen molar-refractivity contribution in [2.45, 2.75) is 24.4 Å². The van der Waals surface area contributed by atoms with E-state index in [0.717, 1.165) is 22.0 Å². The molecule has 6 rings (SSSR count). The SMILES string of the molecule is CNC(=O)c1cc(C(=O)NC2C3COCC32)n(Cc2cccc3c2ccn3S(=O)c2ccc(C)cc2)n1. The van der Waals surface area contributed by atoms with Gasteiger partial charge in [-0.2, -0.15) is 5.10 Å². The Labute approximate surface area is 216 Å². The van der Waals surface area contributed by atoms with Gasteiger partial charge in [0.25, 0.3) is 11.8 Å². The van der Waals surface area contributed by atoms with Gasteiger partial charge in [0.2, 0.25) is 0 Å². The lowest BCUT2D eigenvalue weighted by Crippen LogP contribution is -2.31. The van der Waals surface area contributed by atoms with Gasteiger partial charge < -0.3 is 15.4 Å². The molecule has 2 N–H and O–H groups in total. The van der Waals surface area contributed by atoms with Crippen molar-refractivity contribution in [1.29, 1.82) is 0 Å². The number of amides is 2. The molecule has 3 heterocycles. The van der Waals surface area contributed by atoms with Crippen LogP contribution in [0, 0.1) is 18.8 Å². The molecule has 2 aliphatic rings. The zero-order valence-corrected chi connectivity index (χ0v) is 21.3. The number of rotatable bonds is 7. The zero-order chi connectivity index (χ0) is 25.7. The van der Waals surface area contributed by atoms with E-state index in [0.29, 0.717) is 35.6 Å². The maximum Gasteiger partial charge on any atom is 0.271 e. The predicted molar refractivity (Wildman–Crippen MR) is 139 cm³/mol. The predicted octanol–water partition coefficient (Wildman–Crippen LogP) is 2.50. The van der Waals surface area contributed by atoms with Crippen molar-refractivity contribution in [3.8, 4) is 0 Å². The van der Waals surface area contributed by atoms with Gasteiger partial charge in [-0.1, -0.05) is 29.8 Å². The molecule has 1 aliphatic carbocycles. The minimum atomic E-state index is -1.40. The van der Waals surface area contributed by atoms with Crippen LogP contribution in [0.2, 0.25) is 0 Å². The van der Waals surface area contributed by atoms with E-state index in [1.807, 2.05) is 61.7 Å². The highest BCUT2D eigenvalue weighted by molar-refractivity contribution is 7.83. The largest absolute Gasteiger partial charge is 0.381 e. The van der Waals surface area contributed by atoms with Crippen LogP contribution in [-0.2, 0) is 22.3 Å². The molecule has 3 unspecified atom stereocenters. The molecule has 37 heavy (non-hydrogen) atoms. The Hall–Kier alpha value is -3.76. The number of aryl methyl sites for hydroxylation is 1. The molecule has 2 aromatic heterocycles. The second-order valence-corrected chi connectivity index (χ2v) is 10.9. The minimum absolute atomic E-state index is 0.0993. The molecule has 2 aromatic carbocycles. The van der Waals surface area contributed by atoms with Gasteiger partial charge >= 0.3 is 0 Å². The highest BCUT2D eigenvalue weighted by atomic mass is 32.2. The Kier molecular flexibility index (Phi) is 5.92. The van der Waals surface area contributed by atoms with Crippen LogP contribution in [0.25, 0.3) is 10.9 Å². The summed E-state index contributed by atoms with van der Waals surface area (Å²) in [6, 6.07) is 17.0. The first kappa shape index (κ1) is 23.6. The van der Waals surface area contributed by atoms with Crippen molar-refractivity contribution in [3.05, 3.63) is 83.3 Å². The molecule has 1 saturated heterocycles.